The Morgan fingerprint density at radius 1 is 0.574 bits per heavy atom. The number of aromatic nitrogens is 2. The SMILES string of the molecule is Cc1cccc(C)c1-c1ccnc(-n2c3ccccc3c3ccc(N(c4cccc(N5CN(C(C)C)c6ccccc65)c4)c4c(C)cccc4C)cc32)c1. The molecule has 1 aliphatic rings. The highest BCUT2D eigenvalue weighted by molar-refractivity contribution is 6.10. The summed E-state index contributed by atoms with van der Waals surface area (Å²) < 4.78 is 2.34. The van der Waals surface area contributed by atoms with Crippen molar-refractivity contribution in [2.75, 3.05) is 21.4 Å². The van der Waals surface area contributed by atoms with Crippen LogP contribution in [-0.2, 0) is 0 Å². The summed E-state index contributed by atoms with van der Waals surface area (Å²) in [7, 11) is 0. The number of anilines is 6. The summed E-state index contributed by atoms with van der Waals surface area (Å²) in [5.41, 5.74) is 16.7. The molecular formula is C49H45N5. The van der Waals surface area contributed by atoms with Crippen LogP contribution in [0.5, 0.6) is 0 Å². The second-order valence-corrected chi connectivity index (χ2v) is 14.9. The molecule has 0 spiro atoms. The zero-order chi connectivity index (χ0) is 37.1. The fourth-order valence-electron chi connectivity index (χ4n) is 8.58. The Kier molecular flexibility index (Phi) is 8.23. The predicted octanol–water partition coefficient (Wildman–Crippen LogP) is 12.9. The van der Waals surface area contributed by atoms with E-state index >= 15 is 0 Å². The van der Waals surface area contributed by atoms with Crippen molar-refractivity contribution in [2.24, 2.45) is 0 Å². The fraction of sp³-hybridized carbons (Fsp3) is 0.163. The number of aryl methyl sites for hydroxylation is 4. The van der Waals surface area contributed by atoms with Gasteiger partial charge < -0.3 is 14.7 Å². The molecule has 0 atom stereocenters. The van der Waals surface area contributed by atoms with Gasteiger partial charge in [-0.2, -0.15) is 0 Å². The van der Waals surface area contributed by atoms with Crippen molar-refractivity contribution in [3.63, 3.8) is 0 Å². The van der Waals surface area contributed by atoms with Gasteiger partial charge in [0.2, 0.25) is 0 Å². The lowest BCUT2D eigenvalue weighted by molar-refractivity contribution is 0.709. The third kappa shape index (κ3) is 5.50. The third-order valence-corrected chi connectivity index (χ3v) is 11.1. The van der Waals surface area contributed by atoms with E-state index in [9.17, 15) is 0 Å². The van der Waals surface area contributed by atoms with E-state index in [1.165, 1.54) is 66.9 Å². The first kappa shape index (κ1) is 33.5. The molecule has 5 heteroatoms. The van der Waals surface area contributed by atoms with E-state index in [1.54, 1.807) is 0 Å². The molecule has 0 saturated heterocycles. The molecule has 9 rings (SSSR count). The van der Waals surface area contributed by atoms with Gasteiger partial charge in [-0.1, -0.05) is 78.9 Å². The molecular weight excluding hydrogens is 659 g/mol. The number of hydrogen-bond acceptors (Lipinski definition) is 4. The van der Waals surface area contributed by atoms with E-state index in [0.29, 0.717) is 6.04 Å². The highest BCUT2D eigenvalue weighted by Gasteiger charge is 2.29. The maximum atomic E-state index is 5.02. The van der Waals surface area contributed by atoms with E-state index < -0.39 is 0 Å². The molecule has 1 aliphatic heterocycles. The minimum Gasteiger partial charge on any atom is -0.349 e. The minimum absolute atomic E-state index is 0.389. The number of pyridine rings is 1. The van der Waals surface area contributed by atoms with Crippen LogP contribution >= 0.6 is 0 Å². The number of fused-ring (bicyclic) bond motifs is 4. The van der Waals surface area contributed by atoms with Crippen molar-refractivity contribution in [1.82, 2.24) is 9.55 Å². The van der Waals surface area contributed by atoms with Gasteiger partial charge in [0.25, 0.3) is 0 Å². The Hall–Kier alpha value is -6.33. The van der Waals surface area contributed by atoms with Crippen LogP contribution in [0.1, 0.15) is 36.1 Å². The maximum absolute atomic E-state index is 5.02. The van der Waals surface area contributed by atoms with E-state index in [1.807, 2.05) is 6.20 Å². The van der Waals surface area contributed by atoms with Crippen LogP contribution in [0.15, 0.2) is 146 Å². The normalized spacial score (nSPS) is 12.6. The van der Waals surface area contributed by atoms with E-state index in [0.717, 1.165) is 34.9 Å². The first-order valence-corrected chi connectivity index (χ1v) is 18.9. The van der Waals surface area contributed by atoms with Gasteiger partial charge in [0.1, 0.15) is 5.82 Å². The van der Waals surface area contributed by atoms with E-state index in [-0.39, 0.29) is 0 Å². The van der Waals surface area contributed by atoms with Crippen molar-refractivity contribution >= 4 is 55.9 Å². The van der Waals surface area contributed by atoms with Gasteiger partial charge in [-0.3, -0.25) is 4.57 Å². The van der Waals surface area contributed by atoms with Crippen LogP contribution < -0.4 is 14.7 Å². The van der Waals surface area contributed by atoms with Crippen LogP contribution in [-0.4, -0.2) is 22.3 Å². The van der Waals surface area contributed by atoms with Crippen molar-refractivity contribution in [3.8, 4) is 16.9 Å². The van der Waals surface area contributed by atoms with Gasteiger partial charge in [-0.25, -0.2) is 4.98 Å². The molecule has 0 radical (unpaired) electrons. The summed E-state index contributed by atoms with van der Waals surface area (Å²) in [4.78, 5) is 12.4. The number of para-hydroxylation sites is 4. The lowest BCUT2D eigenvalue weighted by Crippen LogP contribution is -2.33. The van der Waals surface area contributed by atoms with E-state index in [4.69, 9.17) is 4.98 Å². The van der Waals surface area contributed by atoms with Gasteiger partial charge in [-0.05, 0) is 136 Å². The Morgan fingerprint density at radius 3 is 1.98 bits per heavy atom. The number of rotatable bonds is 7. The third-order valence-electron chi connectivity index (χ3n) is 11.1. The number of benzene rings is 6. The minimum atomic E-state index is 0.389. The van der Waals surface area contributed by atoms with Crippen LogP contribution in [0.3, 0.4) is 0 Å². The first-order chi connectivity index (χ1) is 26.3. The smallest absolute Gasteiger partial charge is 0.138 e. The van der Waals surface area contributed by atoms with Crippen LogP contribution in [0.4, 0.5) is 34.1 Å². The molecule has 0 fully saturated rings. The van der Waals surface area contributed by atoms with Crippen LogP contribution in [0.25, 0.3) is 38.8 Å². The molecule has 0 aliphatic carbocycles. The van der Waals surface area contributed by atoms with Crippen molar-refractivity contribution in [1.29, 1.82) is 0 Å². The molecule has 3 heterocycles. The molecule has 0 N–H and O–H groups in total. The highest BCUT2D eigenvalue weighted by Crippen LogP contribution is 2.46. The molecule has 266 valence electrons. The fourth-order valence-corrected chi connectivity index (χ4v) is 8.58. The molecule has 0 bridgehead atoms. The molecule has 0 amide bonds. The Labute approximate surface area is 318 Å². The molecule has 5 nitrogen and oxygen atoms in total. The van der Waals surface area contributed by atoms with Crippen molar-refractivity contribution < 1.29 is 0 Å². The summed E-state index contributed by atoms with van der Waals surface area (Å²) in [6.07, 6.45) is 1.95. The molecule has 6 aromatic carbocycles. The Balaban J connectivity index is 1.24. The predicted molar refractivity (Wildman–Crippen MR) is 229 cm³/mol. The van der Waals surface area contributed by atoms with E-state index in [2.05, 4.69) is 200 Å². The summed E-state index contributed by atoms with van der Waals surface area (Å²) in [6.45, 7) is 14.2. The molecule has 0 saturated carbocycles. The van der Waals surface area contributed by atoms with Crippen molar-refractivity contribution in [2.45, 2.75) is 47.6 Å². The standard InChI is InChI=1S/C49H45N5/c1-32(2)51-31-52(45-23-10-9-22-44(45)51)38-18-13-19-39(29-38)53(49-35(5)16-12-17-36(49)6)40-24-25-42-41-20-7-8-21-43(41)54(46(42)30-40)47-28-37(26-27-50-47)48-33(3)14-11-15-34(48)4/h7-30,32H,31H2,1-6H3. The quantitative estimate of drug-likeness (QED) is 0.165. The lowest BCUT2D eigenvalue weighted by Gasteiger charge is -2.30. The first-order valence-electron chi connectivity index (χ1n) is 18.9. The number of hydrogen-bond donors (Lipinski definition) is 0. The van der Waals surface area contributed by atoms with Crippen molar-refractivity contribution in [3.05, 3.63) is 168 Å². The zero-order valence-corrected chi connectivity index (χ0v) is 31.9. The van der Waals surface area contributed by atoms with Gasteiger partial charge in [0.15, 0.2) is 0 Å². The van der Waals surface area contributed by atoms with Gasteiger partial charge >= 0.3 is 0 Å². The van der Waals surface area contributed by atoms with Gasteiger partial charge in [-0.15, -0.1) is 0 Å². The topological polar surface area (TPSA) is 27.5 Å². The lowest BCUT2D eigenvalue weighted by atomic mass is 9.96. The monoisotopic (exact) mass is 703 g/mol. The largest absolute Gasteiger partial charge is 0.349 e. The van der Waals surface area contributed by atoms with Crippen LogP contribution in [0.2, 0.25) is 0 Å². The van der Waals surface area contributed by atoms with Gasteiger partial charge in [0, 0.05) is 40.1 Å². The Morgan fingerprint density at radius 2 is 1.22 bits per heavy atom. The zero-order valence-electron chi connectivity index (χ0n) is 31.9. The molecule has 54 heavy (non-hydrogen) atoms. The van der Waals surface area contributed by atoms with Gasteiger partial charge in [0.05, 0.1) is 34.8 Å². The maximum Gasteiger partial charge on any atom is 0.138 e. The highest BCUT2D eigenvalue weighted by atomic mass is 15.4. The average molecular weight is 704 g/mol. The second kappa shape index (κ2) is 13.3. The second-order valence-electron chi connectivity index (χ2n) is 14.9. The summed E-state index contributed by atoms with van der Waals surface area (Å²) >= 11 is 0. The van der Waals surface area contributed by atoms with Crippen LogP contribution in [0, 0.1) is 27.7 Å². The number of nitrogens with zero attached hydrogens (tertiary/aromatic N) is 5. The molecule has 2 aromatic heterocycles. The summed E-state index contributed by atoms with van der Waals surface area (Å²) in [6, 6.07) is 51.3. The Bertz CT molecular complexity index is 2660. The molecule has 0 unspecified atom stereocenters. The molecule has 8 aromatic rings. The summed E-state index contributed by atoms with van der Waals surface area (Å²) in [5, 5.41) is 2.41. The average Bonchev–Trinajstić information content (AvgIpc) is 3.73. The summed E-state index contributed by atoms with van der Waals surface area (Å²) in [5.74, 6) is 0.904.